The largest absolute Gasteiger partial charge is 0.461 e. The van der Waals surface area contributed by atoms with Crippen LogP contribution in [0, 0.1) is 0 Å². The molecule has 0 fully saturated rings. The van der Waals surface area contributed by atoms with Crippen molar-refractivity contribution in [3.05, 3.63) is 29.3 Å². The SMILES string of the molecule is CCOC(=O)C(CS(=O)(=O)c1ccc(Cl)cc1)=NN. The Morgan fingerprint density at radius 3 is 2.42 bits per heavy atom. The van der Waals surface area contributed by atoms with E-state index in [0.29, 0.717) is 5.02 Å². The number of hydrogen-bond acceptors (Lipinski definition) is 6. The van der Waals surface area contributed by atoms with E-state index < -0.39 is 21.6 Å². The van der Waals surface area contributed by atoms with Gasteiger partial charge in [-0.15, -0.1) is 0 Å². The van der Waals surface area contributed by atoms with Crippen molar-refractivity contribution in [2.45, 2.75) is 11.8 Å². The molecule has 19 heavy (non-hydrogen) atoms. The Labute approximate surface area is 116 Å². The van der Waals surface area contributed by atoms with Crippen molar-refractivity contribution >= 4 is 33.1 Å². The fourth-order valence-electron chi connectivity index (χ4n) is 1.27. The lowest BCUT2D eigenvalue weighted by Crippen LogP contribution is -2.27. The van der Waals surface area contributed by atoms with Crippen LogP contribution in [-0.2, 0) is 19.4 Å². The van der Waals surface area contributed by atoms with Crippen LogP contribution in [0.5, 0.6) is 0 Å². The number of nitrogens with two attached hydrogens (primary N) is 1. The zero-order valence-electron chi connectivity index (χ0n) is 10.2. The smallest absolute Gasteiger partial charge is 0.355 e. The number of hydrogen-bond donors (Lipinski definition) is 1. The monoisotopic (exact) mass is 304 g/mol. The maximum atomic E-state index is 12.0. The quantitative estimate of drug-likeness (QED) is 0.378. The molecule has 1 aromatic carbocycles. The van der Waals surface area contributed by atoms with Crippen LogP contribution in [0.3, 0.4) is 0 Å². The molecule has 6 nitrogen and oxygen atoms in total. The van der Waals surface area contributed by atoms with Gasteiger partial charge in [0.2, 0.25) is 0 Å². The summed E-state index contributed by atoms with van der Waals surface area (Å²) in [5.74, 6) is 3.55. The average molecular weight is 305 g/mol. The number of benzene rings is 1. The minimum absolute atomic E-state index is 0.0300. The molecule has 0 aliphatic rings. The molecule has 0 amide bonds. The van der Waals surface area contributed by atoms with Gasteiger partial charge in [0.15, 0.2) is 15.5 Å². The lowest BCUT2D eigenvalue weighted by atomic mass is 10.4. The highest BCUT2D eigenvalue weighted by molar-refractivity contribution is 7.92. The second kappa shape index (κ2) is 6.53. The Hall–Kier alpha value is -1.60. The van der Waals surface area contributed by atoms with Gasteiger partial charge in [0.1, 0.15) is 5.75 Å². The number of rotatable bonds is 5. The molecule has 8 heteroatoms. The summed E-state index contributed by atoms with van der Waals surface area (Å²) in [6.07, 6.45) is 0. The number of nitrogens with zero attached hydrogens (tertiary/aromatic N) is 1. The van der Waals surface area contributed by atoms with Gasteiger partial charge in [-0.05, 0) is 31.2 Å². The van der Waals surface area contributed by atoms with Crippen molar-refractivity contribution in [2.75, 3.05) is 12.4 Å². The first kappa shape index (κ1) is 15.5. The first-order valence-electron chi connectivity index (χ1n) is 5.33. The highest BCUT2D eigenvalue weighted by atomic mass is 35.5. The maximum Gasteiger partial charge on any atom is 0.355 e. The zero-order chi connectivity index (χ0) is 14.5. The Morgan fingerprint density at radius 1 is 1.37 bits per heavy atom. The third-order valence-electron chi connectivity index (χ3n) is 2.17. The summed E-state index contributed by atoms with van der Waals surface area (Å²) in [7, 11) is -3.72. The summed E-state index contributed by atoms with van der Waals surface area (Å²) in [6, 6.07) is 5.57. The summed E-state index contributed by atoms with van der Waals surface area (Å²) in [5.41, 5.74) is -0.350. The highest BCUT2D eigenvalue weighted by Gasteiger charge is 2.23. The van der Waals surface area contributed by atoms with Crippen LogP contribution in [0.1, 0.15) is 6.92 Å². The van der Waals surface area contributed by atoms with Crippen LogP contribution in [0.2, 0.25) is 5.02 Å². The van der Waals surface area contributed by atoms with Gasteiger partial charge in [-0.25, -0.2) is 13.2 Å². The molecule has 104 valence electrons. The lowest BCUT2D eigenvalue weighted by Gasteiger charge is -2.06. The number of carbonyl (C=O) groups excluding carboxylic acids is 1. The molecule has 0 unspecified atom stereocenters. The number of hydrazone groups is 1. The molecule has 0 bridgehead atoms. The molecule has 0 saturated heterocycles. The third kappa shape index (κ3) is 4.22. The zero-order valence-corrected chi connectivity index (χ0v) is 11.7. The van der Waals surface area contributed by atoms with E-state index in [2.05, 4.69) is 9.84 Å². The van der Waals surface area contributed by atoms with Crippen LogP contribution in [0.4, 0.5) is 0 Å². The second-order valence-electron chi connectivity index (χ2n) is 3.51. The fourth-order valence-corrected chi connectivity index (χ4v) is 2.66. The molecule has 2 N–H and O–H groups in total. The summed E-state index contributed by atoms with van der Waals surface area (Å²) in [6.45, 7) is 1.71. The summed E-state index contributed by atoms with van der Waals surface area (Å²) in [5, 5.41) is 3.59. The van der Waals surface area contributed by atoms with E-state index in [1.165, 1.54) is 24.3 Å². The predicted octanol–water partition coefficient (Wildman–Crippen LogP) is 0.992. The molecule has 0 aliphatic heterocycles. The van der Waals surface area contributed by atoms with E-state index in [0.717, 1.165) is 0 Å². The van der Waals surface area contributed by atoms with E-state index >= 15 is 0 Å². The number of esters is 1. The second-order valence-corrected chi connectivity index (χ2v) is 5.94. The van der Waals surface area contributed by atoms with Crippen molar-refractivity contribution in [3.63, 3.8) is 0 Å². The van der Waals surface area contributed by atoms with E-state index in [4.69, 9.17) is 17.4 Å². The lowest BCUT2D eigenvalue weighted by molar-refractivity contribution is -0.135. The topological polar surface area (TPSA) is 98.8 Å². The van der Waals surface area contributed by atoms with Gasteiger partial charge in [-0.2, -0.15) is 5.10 Å². The molecule has 0 aromatic heterocycles. The number of halogens is 1. The van der Waals surface area contributed by atoms with Crippen molar-refractivity contribution in [3.8, 4) is 0 Å². The Morgan fingerprint density at radius 2 is 1.95 bits per heavy atom. The molecule has 1 rings (SSSR count). The van der Waals surface area contributed by atoms with Gasteiger partial charge in [-0.1, -0.05) is 11.6 Å². The Kier molecular flexibility index (Phi) is 5.31. The van der Waals surface area contributed by atoms with E-state index in [1.54, 1.807) is 6.92 Å². The minimum atomic E-state index is -3.72. The number of sulfone groups is 1. The van der Waals surface area contributed by atoms with Gasteiger partial charge >= 0.3 is 5.97 Å². The first-order valence-corrected chi connectivity index (χ1v) is 7.36. The summed E-state index contributed by atoms with van der Waals surface area (Å²) >= 11 is 5.67. The maximum absolute atomic E-state index is 12.0. The van der Waals surface area contributed by atoms with Gasteiger partial charge in [0, 0.05) is 5.02 Å². The Bertz CT molecular complexity index is 581. The van der Waals surface area contributed by atoms with E-state index in [9.17, 15) is 13.2 Å². The molecular weight excluding hydrogens is 292 g/mol. The molecular formula is C11H13ClN2O4S. The predicted molar refractivity (Wildman–Crippen MR) is 71.8 cm³/mol. The van der Waals surface area contributed by atoms with Crippen molar-refractivity contribution < 1.29 is 17.9 Å². The summed E-state index contributed by atoms with van der Waals surface area (Å²) in [4.78, 5) is 11.4. The van der Waals surface area contributed by atoms with Gasteiger partial charge in [0.05, 0.1) is 11.5 Å². The van der Waals surface area contributed by atoms with Crippen LogP contribution in [-0.4, -0.2) is 32.5 Å². The van der Waals surface area contributed by atoms with E-state index in [1.807, 2.05) is 0 Å². The van der Waals surface area contributed by atoms with E-state index in [-0.39, 0.29) is 17.2 Å². The van der Waals surface area contributed by atoms with Crippen molar-refractivity contribution in [1.29, 1.82) is 0 Å². The normalized spacial score (nSPS) is 12.2. The van der Waals surface area contributed by atoms with Crippen LogP contribution >= 0.6 is 11.6 Å². The highest BCUT2D eigenvalue weighted by Crippen LogP contribution is 2.15. The van der Waals surface area contributed by atoms with Gasteiger partial charge in [-0.3, -0.25) is 0 Å². The molecule has 0 heterocycles. The molecule has 0 radical (unpaired) electrons. The fraction of sp³-hybridized carbons (Fsp3) is 0.273. The number of carbonyl (C=O) groups is 1. The first-order chi connectivity index (χ1) is 8.90. The van der Waals surface area contributed by atoms with Gasteiger partial charge < -0.3 is 10.6 Å². The average Bonchev–Trinajstić information content (AvgIpc) is 2.36. The minimum Gasteiger partial charge on any atom is -0.461 e. The molecule has 0 spiro atoms. The van der Waals surface area contributed by atoms with Crippen molar-refractivity contribution in [2.24, 2.45) is 10.9 Å². The van der Waals surface area contributed by atoms with Crippen molar-refractivity contribution in [1.82, 2.24) is 0 Å². The van der Waals surface area contributed by atoms with Gasteiger partial charge in [0.25, 0.3) is 0 Å². The molecule has 1 aromatic rings. The molecule has 0 saturated carbocycles. The van der Waals surface area contributed by atoms with Crippen LogP contribution in [0.25, 0.3) is 0 Å². The standard InChI is InChI=1S/C11H13ClN2O4S/c1-2-18-11(15)10(14-13)7-19(16,17)9-5-3-8(12)4-6-9/h3-6H,2,7,13H2,1H3. The molecule has 0 atom stereocenters. The van der Waals surface area contributed by atoms with Crippen LogP contribution in [0.15, 0.2) is 34.3 Å². The molecule has 0 aliphatic carbocycles. The Balaban J connectivity index is 2.96. The number of ether oxygens (including phenoxy) is 1. The summed E-state index contributed by atoms with van der Waals surface area (Å²) < 4.78 is 28.7. The third-order valence-corrected chi connectivity index (χ3v) is 4.06. The van der Waals surface area contributed by atoms with Crippen LogP contribution < -0.4 is 5.84 Å².